The average molecular weight is 348 g/mol. The number of amides is 1. The van der Waals surface area contributed by atoms with Crippen molar-refractivity contribution in [2.24, 2.45) is 0 Å². The van der Waals surface area contributed by atoms with Gasteiger partial charge in [-0.25, -0.2) is 0 Å². The van der Waals surface area contributed by atoms with Gasteiger partial charge in [0.05, 0.1) is 12.7 Å². The molecule has 0 aliphatic heterocycles. The Morgan fingerprint density at radius 3 is 2.71 bits per heavy atom. The molecular weight excluding hydrogens is 330 g/mol. The van der Waals surface area contributed by atoms with Crippen molar-refractivity contribution in [3.8, 4) is 5.75 Å². The highest BCUT2D eigenvalue weighted by Gasteiger charge is 2.11. The van der Waals surface area contributed by atoms with Crippen LogP contribution in [0, 0.1) is 6.92 Å². The number of carbonyl (C=O) groups excluding carboxylic acids is 1. The van der Waals surface area contributed by atoms with E-state index in [0.29, 0.717) is 12.1 Å². The van der Waals surface area contributed by atoms with E-state index in [1.807, 2.05) is 49.4 Å². The lowest BCUT2D eigenvalue weighted by Gasteiger charge is -2.10. The second-order valence-electron chi connectivity index (χ2n) is 4.75. The summed E-state index contributed by atoms with van der Waals surface area (Å²) in [5, 5.41) is 2.94. The van der Waals surface area contributed by atoms with E-state index < -0.39 is 0 Å². The molecule has 0 saturated carbocycles. The van der Waals surface area contributed by atoms with Crippen LogP contribution in [0.5, 0.6) is 5.75 Å². The van der Waals surface area contributed by atoms with Gasteiger partial charge in [-0.15, -0.1) is 0 Å². The maximum atomic E-state index is 12.2. The molecule has 0 heterocycles. The Morgan fingerprint density at radius 2 is 1.95 bits per heavy atom. The van der Waals surface area contributed by atoms with Crippen LogP contribution in [0.25, 0.3) is 0 Å². The fraction of sp³-hybridized carbons (Fsp3) is 0.235. The Balaban J connectivity index is 1.97. The van der Waals surface area contributed by atoms with Crippen molar-refractivity contribution in [1.29, 1.82) is 0 Å². The Morgan fingerprint density at radius 1 is 1.19 bits per heavy atom. The molecule has 0 spiro atoms. The van der Waals surface area contributed by atoms with E-state index in [1.54, 1.807) is 7.11 Å². The number of aryl methyl sites for hydroxylation is 1. The lowest BCUT2D eigenvalue weighted by atomic mass is 10.1. The van der Waals surface area contributed by atoms with Crippen molar-refractivity contribution in [2.45, 2.75) is 13.3 Å². The van der Waals surface area contributed by atoms with Gasteiger partial charge in [0.2, 0.25) is 0 Å². The summed E-state index contributed by atoms with van der Waals surface area (Å²) in [6.45, 7) is 2.54. The highest BCUT2D eigenvalue weighted by Crippen LogP contribution is 2.21. The summed E-state index contributed by atoms with van der Waals surface area (Å²) >= 11 is 3.46. The SMILES string of the molecule is COc1ccccc1CCNC(=O)c1cccc(C)c1Br. The minimum absolute atomic E-state index is 0.0690. The number of carbonyl (C=O) groups is 1. The molecule has 0 atom stereocenters. The second-order valence-corrected chi connectivity index (χ2v) is 5.55. The molecule has 2 aromatic carbocycles. The first-order valence-corrected chi connectivity index (χ1v) is 7.58. The number of ether oxygens (including phenoxy) is 1. The van der Waals surface area contributed by atoms with Gasteiger partial charge in [0, 0.05) is 11.0 Å². The smallest absolute Gasteiger partial charge is 0.252 e. The predicted molar refractivity (Wildman–Crippen MR) is 87.9 cm³/mol. The predicted octanol–water partition coefficient (Wildman–Crippen LogP) is 3.74. The van der Waals surface area contributed by atoms with Crippen molar-refractivity contribution < 1.29 is 9.53 Å². The number of benzene rings is 2. The van der Waals surface area contributed by atoms with E-state index in [-0.39, 0.29) is 5.91 Å². The highest BCUT2D eigenvalue weighted by atomic mass is 79.9. The van der Waals surface area contributed by atoms with Gasteiger partial charge in [-0.05, 0) is 52.5 Å². The summed E-state index contributed by atoms with van der Waals surface area (Å²) in [5.41, 5.74) is 2.80. The van der Waals surface area contributed by atoms with E-state index >= 15 is 0 Å². The van der Waals surface area contributed by atoms with Crippen LogP contribution >= 0.6 is 15.9 Å². The molecule has 0 fully saturated rings. The molecule has 4 heteroatoms. The Bertz CT molecular complexity index is 640. The summed E-state index contributed by atoms with van der Waals surface area (Å²) in [6.07, 6.45) is 0.735. The number of halogens is 1. The molecule has 3 nitrogen and oxygen atoms in total. The first-order valence-electron chi connectivity index (χ1n) is 6.78. The van der Waals surface area contributed by atoms with Gasteiger partial charge in [-0.1, -0.05) is 30.3 Å². The molecule has 0 saturated heterocycles. The van der Waals surface area contributed by atoms with Crippen molar-refractivity contribution in [2.75, 3.05) is 13.7 Å². The summed E-state index contributed by atoms with van der Waals surface area (Å²) in [4.78, 5) is 12.2. The average Bonchev–Trinajstić information content (AvgIpc) is 2.50. The van der Waals surface area contributed by atoms with Crippen LogP contribution in [0.2, 0.25) is 0 Å². The molecule has 0 aliphatic carbocycles. The third kappa shape index (κ3) is 3.85. The zero-order valence-corrected chi connectivity index (χ0v) is 13.7. The van der Waals surface area contributed by atoms with Crippen LogP contribution in [0.3, 0.4) is 0 Å². The molecule has 2 rings (SSSR count). The van der Waals surface area contributed by atoms with E-state index in [1.165, 1.54) is 0 Å². The fourth-order valence-corrected chi connectivity index (χ4v) is 2.58. The quantitative estimate of drug-likeness (QED) is 0.894. The number of hydrogen-bond donors (Lipinski definition) is 1. The first-order chi connectivity index (χ1) is 10.1. The second kappa shape index (κ2) is 7.27. The lowest BCUT2D eigenvalue weighted by molar-refractivity contribution is 0.0953. The molecule has 0 unspecified atom stereocenters. The van der Waals surface area contributed by atoms with Crippen molar-refractivity contribution in [1.82, 2.24) is 5.32 Å². The summed E-state index contributed by atoms with van der Waals surface area (Å²) < 4.78 is 6.15. The Labute approximate surface area is 133 Å². The van der Waals surface area contributed by atoms with Crippen LogP contribution in [0.4, 0.5) is 0 Å². The van der Waals surface area contributed by atoms with Gasteiger partial charge < -0.3 is 10.1 Å². The summed E-state index contributed by atoms with van der Waals surface area (Å²) in [5.74, 6) is 0.781. The largest absolute Gasteiger partial charge is 0.496 e. The third-order valence-electron chi connectivity index (χ3n) is 3.31. The summed E-state index contributed by atoms with van der Waals surface area (Å²) in [7, 11) is 1.65. The third-order valence-corrected chi connectivity index (χ3v) is 4.36. The van der Waals surface area contributed by atoms with Gasteiger partial charge in [-0.2, -0.15) is 0 Å². The number of rotatable bonds is 5. The van der Waals surface area contributed by atoms with E-state index in [9.17, 15) is 4.79 Å². The van der Waals surface area contributed by atoms with Crippen molar-refractivity contribution >= 4 is 21.8 Å². The fourth-order valence-electron chi connectivity index (χ4n) is 2.14. The zero-order chi connectivity index (χ0) is 15.2. The molecule has 110 valence electrons. The highest BCUT2D eigenvalue weighted by molar-refractivity contribution is 9.10. The first kappa shape index (κ1) is 15.6. The number of methoxy groups -OCH3 is 1. The molecule has 0 aliphatic rings. The van der Waals surface area contributed by atoms with Crippen molar-refractivity contribution in [3.05, 3.63) is 63.6 Å². The van der Waals surface area contributed by atoms with Crippen molar-refractivity contribution in [3.63, 3.8) is 0 Å². The molecule has 0 bridgehead atoms. The summed E-state index contributed by atoms with van der Waals surface area (Å²) in [6, 6.07) is 13.5. The van der Waals surface area contributed by atoms with E-state index in [0.717, 1.165) is 27.8 Å². The molecule has 21 heavy (non-hydrogen) atoms. The van der Waals surface area contributed by atoms with Crippen LogP contribution in [0.15, 0.2) is 46.9 Å². The molecular formula is C17H18BrNO2. The van der Waals surface area contributed by atoms with Gasteiger partial charge >= 0.3 is 0 Å². The zero-order valence-electron chi connectivity index (χ0n) is 12.2. The van der Waals surface area contributed by atoms with Gasteiger partial charge in [-0.3, -0.25) is 4.79 Å². The minimum Gasteiger partial charge on any atom is -0.496 e. The molecule has 0 radical (unpaired) electrons. The monoisotopic (exact) mass is 347 g/mol. The van der Waals surface area contributed by atoms with Crippen LogP contribution in [0.1, 0.15) is 21.5 Å². The maximum Gasteiger partial charge on any atom is 0.252 e. The molecule has 2 aromatic rings. The maximum absolute atomic E-state index is 12.2. The molecule has 1 amide bonds. The Hall–Kier alpha value is -1.81. The van der Waals surface area contributed by atoms with E-state index in [4.69, 9.17) is 4.74 Å². The number of hydrogen-bond acceptors (Lipinski definition) is 2. The van der Waals surface area contributed by atoms with Crippen LogP contribution < -0.4 is 10.1 Å². The molecule has 0 aromatic heterocycles. The number of para-hydroxylation sites is 1. The number of nitrogens with one attached hydrogen (secondary N) is 1. The van der Waals surface area contributed by atoms with E-state index in [2.05, 4.69) is 21.2 Å². The minimum atomic E-state index is -0.0690. The van der Waals surface area contributed by atoms with Gasteiger partial charge in [0.15, 0.2) is 0 Å². The Kier molecular flexibility index (Phi) is 5.39. The van der Waals surface area contributed by atoms with Crippen LogP contribution in [-0.2, 0) is 6.42 Å². The standard InChI is InChI=1S/C17H18BrNO2/c1-12-6-5-8-14(16(12)18)17(20)19-11-10-13-7-3-4-9-15(13)21-2/h3-9H,10-11H2,1-2H3,(H,19,20). The van der Waals surface area contributed by atoms with Crippen LogP contribution in [-0.4, -0.2) is 19.6 Å². The normalized spacial score (nSPS) is 10.2. The van der Waals surface area contributed by atoms with Gasteiger partial charge in [0.25, 0.3) is 5.91 Å². The lowest BCUT2D eigenvalue weighted by Crippen LogP contribution is -2.26. The molecule has 1 N–H and O–H groups in total. The van der Waals surface area contributed by atoms with Gasteiger partial charge in [0.1, 0.15) is 5.75 Å². The topological polar surface area (TPSA) is 38.3 Å².